The second-order valence-electron chi connectivity index (χ2n) is 5.05. The number of amides is 1. The second-order valence-corrected chi connectivity index (χ2v) is 7.61. The highest BCUT2D eigenvalue weighted by Gasteiger charge is 2.39. The van der Waals surface area contributed by atoms with Gasteiger partial charge in [0.15, 0.2) is 0 Å². The minimum absolute atomic E-state index is 0.0883. The van der Waals surface area contributed by atoms with Crippen LogP contribution in [0.3, 0.4) is 0 Å². The Morgan fingerprint density at radius 1 is 1.48 bits per heavy atom. The Balaban J connectivity index is 2.08. The molecule has 1 aromatic carbocycles. The van der Waals surface area contributed by atoms with Crippen molar-refractivity contribution in [3.63, 3.8) is 0 Å². The highest BCUT2D eigenvalue weighted by Crippen LogP contribution is 2.38. The van der Waals surface area contributed by atoms with E-state index in [0.717, 1.165) is 31.4 Å². The first-order chi connectivity index (χ1) is 9.76. The molecular weight excluding hydrogens is 321 g/mol. The zero-order chi connectivity index (χ0) is 15.7. The highest BCUT2D eigenvalue weighted by molar-refractivity contribution is 8.13. The van der Waals surface area contributed by atoms with Crippen LogP contribution in [-0.4, -0.2) is 27.0 Å². The summed E-state index contributed by atoms with van der Waals surface area (Å²) in [5, 5.41) is 2.42. The maximum absolute atomic E-state index is 13.8. The molecular formula is C13H15ClFNO4S. The van der Waals surface area contributed by atoms with Gasteiger partial charge in [0.1, 0.15) is 5.82 Å². The number of hydrogen-bond acceptors (Lipinski definition) is 4. The zero-order valence-electron chi connectivity index (χ0n) is 11.4. The van der Waals surface area contributed by atoms with E-state index in [9.17, 15) is 17.6 Å². The van der Waals surface area contributed by atoms with E-state index in [-0.39, 0.29) is 22.9 Å². The van der Waals surface area contributed by atoms with Crippen LogP contribution in [-0.2, 0) is 18.6 Å². The molecule has 0 saturated heterocycles. The van der Waals surface area contributed by atoms with Gasteiger partial charge in [-0.15, -0.1) is 0 Å². The Morgan fingerprint density at radius 2 is 2.14 bits per heavy atom. The quantitative estimate of drug-likeness (QED) is 0.840. The van der Waals surface area contributed by atoms with E-state index >= 15 is 0 Å². The Morgan fingerprint density at radius 3 is 2.57 bits per heavy atom. The van der Waals surface area contributed by atoms with Crippen LogP contribution in [0, 0.1) is 5.82 Å². The predicted octanol–water partition coefficient (Wildman–Crippen LogP) is 2.65. The molecule has 0 heterocycles. The highest BCUT2D eigenvalue weighted by atomic mass is 35.7. The summed E-state index contributed by atoms with van der Waals surface area (Å²) >= 11 is 0. The van der Waals surface area contributed by atoms with Gasteiger partial charge in [0.2, 0.25) is 5.91 Å². The van der Waals surface area contributed by atoms with Crippen LogP contribution in [0.15, 0.2) is 23.1 Å². The normalized spacial score (nSPS) is 17.1. The SMILES string of the molecule is COC1(CC(=O)Nc2ccc(S(=O)(=O)Cl)cc2F)CCC1. The molecule has 0 spiro atoms. The Hall–Kier alpha value is -1.18. The van der Waals surface area contributed by atoms with Crippen molar-refractivity contribution in [3.8, 4) is 0 Å². The lowest BCUT2D eigenvalue weighted by atomic mass is 9.77. The molecule has 0 aliphatic heterocycles. The summed E-state index contributed by atoms with van der Waals surface area (Å²) in [6.07, 6.45) is 2.72. The summed E-state index contributed by atoms with van der Waals surface area (Å²) < 4.78 is 41.3. The smallest absolute Gasteiger partial charge is 0.261 e. The number of carbonyl (C=O) groups excluding carboxylic acids is 1. The average Bonchev–Trinajstić information content (AvgIpc) is 2.35. The molecule has 0 bridgehead atoms. The first-order valence-corrected chi connectivity index (χ1v) is 8.66. The minimum Gasteiger partial charge on any atom is -0.378 e. The van der Waals surface area contributed by atoms with Gasteiger partial charge < -0.3 is 10.1 Å². The molecule has 21 heavy (non-hydrogen) atoms. The van der Waals surface area contributed by atoms with Crippen molar-refractivity contribution in [2.24, 2.45) is 0 Å². The first kappa shape index (κ1) is 16.2. The van der Waals surface area contributed by atoms with E-state index in [1.807, 2.05) is 0 Å². The lowest BCUT2D eigenvalue weighted by molar-refractivity contribution is -0.129. The number of anilines is 1. The third-order valence-electron chi connectivity index (χ3n) is 3.68. The largest absolute Gasteiger partial charge is 0.378 e. The molecule has 1 amide bonds. The number of benzene rings is 1. The van der Waals surface area contributed by atoms with Gasteiger partial charge in [-0.25, -0.2) is 12.8 Å². The van der Waals surface area contributed by atoms with Gasteiger partial charge in [0.05, 0.1) is 22.6 Å². The van der Waals surface area contributed by atoms with E-state index in [4.69, 9.17) is 15.4 Å². The molecule has 0 radical (unpaired) electrons. The maximum Gasteiger partial charge on any atom is 0.261 e. The molecule has 1 N–H and O–H groups in total. The van der Waals surface area contributed by atoms with E-state index in [2.05, 4.69) is 5.32 Å². The summed E-state index contributed by atoms with van der Waals surface area (Å²) in [6.45, 7) is 0. The van der Waals surface area contributed by atoms with Crippen molar-refractivity contribution >= 4 is 31.3 Å². The number of ether oxygens (including phenoxy) is 1. The molecule has 116 valence electrons. The molecule has 0 atom stereocenters. The van der Waals surface area contributed by atoms with Crippen molar-refractivity contribution < 1.29 is 22.3 Å². The summed E-state index contributed by atoms with van der Waals surface area (Å²) in [4.78, 5) is 11.6. The fourth-order valence-corrected chi connectivity index (χ4v) is 3.02. The topological polar surface area (TPSA) is 72.5 Å². The van der Waals surface area contributed by atoms with Crippen molar-refractivity contribution in [1.29, 1.82) is 0 Å². The summed E-state index contributed by atoms with van der Waals surface area (Å²) in [5.41, 5.74) is -0.547. The number of carbonyl (C=O) groups is 1. The number of methoxy groups -OCH3 is 1. The first-order valence-electron chi connectivity index (χ1n) is 6.35. The third-order valence-corrected chi connectivity index (χ3v) is 5.03. The molecule has 1 aromatic rings. The van der Waals surface area contributed by atoms with Gasteiger partial charge in [-0.05, 0) is 37.5 Å². The number of halogens is 2. The van der Waals surface area contributed by atoms with Crippen LogP contribution in [0.25, 0.3) is 0 Å². The van der Waals surface area contributed by atoms with E-state index in [1.54, 1.807) is 7.11 Å². The zero-order valence-corrected chi connectivity index (χ0v) is 12.9. The van der Waals surface area contributed by atoms with Crippen molar-refractivity contribution in [1.82, 2.24) is 0 Å². The van der Waals surface area contributed by atoms with Gasteiger partial charge >= 0.3 is 0 Å². The number of hydrogen-bond donors (Lipinski definition) is 1. The number of nitrogens with one attached hydrogen (secondary N) is 1. The molecule has 5 nitrogen and oxygen atoms in total. The lowest BCUT2D eigenvalue weighted by Gasteiger charge is -2.39. The van der Waals surface area contributed by atoms with Crippen molar-refractivity contribution in [3.05, 3.63) is 24.0 Å². The molecule has 1 fully saturated rings. The average molecular weight is 336 g/mol. The Kier molecular flexibility index (Phi) is 4.55. The van der Waals surface area contributed by atoms with Crippen LogP contribution in [0.1, 0.15) is 25.7 Å². The fourth-order valence-electron chi connectivity index (χ4n) is 2.26. The molecule has 2 rings (SSSR count). The predicted molar refractivity (Wildman–Crippen MR) is 76.3 cm³/mol. The van der Waals surface area contributed by atoms with Gasteiger partial charge in [0.25, 0.3) is 9.05 Å². The van der Waals surface area contributed by atoms with Crippen LogP contribution in [0.4, 0.5) is 10.1 Å². The second kappa shape index (κ2) is 5.90. The molecule has 0 aromatic heterocycles. The molecule has 0 unspecified atom stereocenters. The van der Waals surface area contributed by atoms with Gasteiger partial charge in [-0.2, -0.15) is 0 Å². The fraction of sp³-hybridized carbons (Fsp3) is 0.462. The Labute approximate surface area is 126 Å². The number of rotatable bonds is 5. The molecule has 1 saturated carbocycles. The van der Waals surface area contributed by atoms with Crippen LogP contribution >= 0.6 is 10.7 Å². The van der Waals surface area contributed by atoms with Crippen LogP contribution in [0.5, 0.6) is 0 Å². The Bertz CT molecular complexity index is 653. The molecule has 8 heteroatoms. The molecule has 1 aliphatic rings. The summed E-state index contributed by atoms with van der Waals surface area (Å²) in [6, 6.07) is 3.08. The van der Waals surface area contributed by atoms with Gasteiger partial charge in [-0.3, -0.25) is 4.79 Å². The monoisotopic (exact) mass is 335 g/mol. The van der Waals surface area contributed by atoms with E-state index in [1.165, 1.54) is 6.07 Å². The standard InChI is InChI=1S/C13H15ClFNO4S/c1-20-13(5-2-6-13)8-12(17)16-11-4-3-9(7-10(11)15)21(14,18)19/h3-4,7H,2,5-6,8H2,1H3,(H,16,17). The summed E-state index contributed by atoms with van der Waals surface area (Å²) in [5.74, 6) is -1.23. The summed E-state index contributed by atoms with van der Waals surface area (Å²) in [7, 11) is 2.67. The van der Waals surface area contributed by atoms with Crippen LogP contribution in [0.2, 0.25) is 0 Å². The van der Waals surface area contributed by atoms with Crippen molar-refractivity contribution in [2.45, 2.75) is 36.2 Å². The van der Waals surface area contributed by atoms with Gasteiger partial charge in [-0.1, -0.05) is 0 Å². The van der Waals surface area contributed by atoms with Gasteiger partial charge in [0, 0.05) is 17.8 Å². The third kappa shape index (κ3) is 3.72. The minimum atomic E-state index is -4.00. The lowest BCUT2D eigenvalue weighted by Crippen LogP contribution is -2.42. The molecule has 1 aliphatic carbocycles. The maximum atomic E-state index is 13.8. The van der Waals surface area contributed by atoms with E-state index < -0.39 is 20.5 Å². The van der Waals surface area contributed by atoms with E-state index in [0.29, 0.717) is 0 Å². The van der Waals surface area contributed by atoms with Crippen molar-refractivity contribution in [2.75, 3.05) is 12.4 Å². The van der Waals surface area contributed by atoms with Crippen LogP contribution < -0.4 is 5.32 Å².